The summed E-state index contributed by atoms with van der Waals surface area (Å²) in [5.41, 5.74) is 0.809. The molecule has 1 aromatic rings. The topological polar surface area (TPSA) is 46.1 Å². The molecule has 2 rings (SSSR count). The van der Waals surface area contributed by atoms with Crippen LogP contribution in [-0.4, -0.2) is 57.5 Å². The van der Waals surface area contributed by atoms with Crippen LogP contribution in [0.25, 0.3) is 0 Å². The number of alkyl halides is 3. The maximum Gasteiger partial charge on any atom is 0.422 e. The van der Waals surface area contributed by atoms with Gasteiger partial charge in [-0.3, -0.25) is 4.99 Å². The monoisotopic (exact) mass is 373 g/mol. The Morgan fingerprint density at radius 3 is 2.77 bits per heavy atom. The van der Waals surface area contributed by atoms with Crippen LogP contribution in [0.15, 0.2) is 29.3 Å². The number of nitrogens with one attached hydrogen (secondary N) is 1. The summed E-state index contributed by atoms with van der Waals surface area (Å²) in [7, 11) is 3.60. The summed E-state index contributed by atoms with van der Waals surface area (Å²) in [6, 6.07) is 6.58. The number of hydrogen-bond acceptors (Lipinski definition) is 3. The second kappa shape index (κ2) is 9.66. The molecule has 1 saturated carbocycles. The van der Waals surface area contributed by atoms with Crippen LogP contribution in [0.2, 0.25) is 0 Å². The Bertz CT molecular complexity index is 589. The van der Waals surface area contributed by atoms with Gasteiger partial charge in [0.2, 0.25) is 0 Å². The highest BCUT2D eigenvalue weighted by Gasteiger charge is 2.28. The van der Waals surface area contributed by atoms with Gasteiger partial charge in [-0.25, -0.2) is 0 Å². The molecule has 146 valence electrons. The van der Waals surface area contributed by atoms with Crippen LogP contribution in [0, 0.1) is 5.92 Å². The van der Waals surface area contributed by atoms with Gasteiger partial charge in [0.15, 0.2) is 12.6 Å². The van der Waals surface area contributed by atoms with Crippen molar-refractivity contribution in [3.8, 4) is 5.75 Å². The van der Waals surface area contributed by atoms with Crippen molar-refractivity contribution < 1.29 is 22.6 Å². The quantitative estimate of drug-likeness (QED) is 0.411. The maximum atomic E-state index is 12.2. The Morgan fingerprint density at radius 2 is 2.12 bits per heavy atom. The van der Waals surface area contributed by atoms with Crippen molar-refractivity contribution in [3.05, 3.63) is 29.8 Å². The molecule has 0 unspecified atom stereocenters. The predicted octanol–water partition coefficient (Wildman–Crippen LogP) is 3.06. The molecule has 0 saturated heterocycles. The summed E-state index contributed by atoms with van der Waals surface area (Å²) < 4.78 is 47.1. The van der Waals surface area contributed by atoms with Gasteiger partial charge in [-0.2, -0.15) is 13.2 Å². The Kier molecular flexibility index (Phi) is 7.56. The van der Waals surface area contributed by atoms with Gasteiger partial charge in [0, 0.05) is 33.8 Å². The normalized spacial score (nSPS) is 15.0. The van der Waals surface area contributed by atoms with Gasteiger partial charge in [0.1, 0.15) is 5.75 Å². The Hall–Kier alpha value is -1.96. The number of likely N-dealkylation sites (N-methyl/N-ethyl adjacent to an activating group) is 1. The number of hydrogen-bond donors (Lipinski definition) is 1. The van der Waals surface area contributed by atoms with Gasteiger partial charge in [0.05, 0.1) is 6.61 Å². The molecule has 0 spiro atoms. The van der Waals surface area contributed by atoms with E-state index in [1.807, 2.05) is 18.0 Å². The van der Waals surface area contributed by atoms with Crippen LogP contribution >= 0.6 is 0 Å². The lowest BCUT2D eigenvalue weighted by molar-refractivity contribution is -0.153. The number of benzene rings is 1. The molecule has 1 aromatic carbocycles. The molecule has 1 N–H and O–H groups in total. The summed E-state index contributed by atoms with van der Waals surface area (Å²) in [5, 5.41) is 3.19. The first-order valence-corrected chi connectivity index (χ1v) is 8.65. The van der Waals surface area contributed by atoms with Crippen LogP contribution in [0.5, 0.6) is 5.75 Å². The molecule has 0 bridgehead atoms. The molecule has 26 heavy (non-hydrogen) atoms. The highest BCUT2D eigenvalue weighted by molar-refractivity contribution is 5.79. The van der Waals surface area contributed by atoms with Gasteiger partial charge in [0.25, 0.3) is 0 Å². The summed E-state index contributed by atoms with van der Waals surface area (Å²) in [5.74, 6) is 1.63. The van der Waals surface area contributed by atoms with Crippen LogP contribution < -0.4 is 10.1 Å². The third-order valence-corrected chi connectivity index (χ3v) is 3.95. The lowest BCUT2D eigenvalue weighted by Crippen LogP contribution is -2.40. The number of nitrogens with zero attached hydrogens (tertiary/aromatic N) is 2. The molecular formula is C18H26F3N3O2. The Labute approximate surface area is 152 Å². The molecule has 0 atom stereocenters. The number of rotatable bonds is 9. The van der Waals surface area contributed by atoms with Crippen molar-refractivity contribution in [1.82, 2.24) is 10.2 Å². The fraction of sp³-hybridized carbons (Fsp3) is 0.611. The van der Waals surface area contributed by atoms with E-state index in [1.165, 1.54) is 18.9 Å². The van der Waals surface area contributed by atoms with Gasteiger partial charge >= 0.3 is 6.18 Å². The highest BCUT2D eigenvalue weighted by atomic mass is 19.4. The van der Waals surface area contributed by atoms with E-state index in [-0.39, 0.29) is 5.75 Å². The van der Waals surface area contributed by atoms with Crippen molar-refractivity contribution in [1.29, 1.82) is 0 Å². The summed E-state index contributed by atoms with van der Waals surface area (Å²) in [6.45, 7) is 1.30. The zero-order valence-corrected chi connectivity index (χ0v) is 15.2. The molecule has 1 fully saturated rings. The minimum atomic E-state index is -4.35. The molecule has 1 aliphatic rings. The van der Waals surface area contributed by atoms with Gasteiger partial charge in [-0.05, 0) is 36.5 Å². The second-order valence-electron chi connectivity index (χ2n) is 6.39. The Balaban J connectivity index is 1.75. The zero-order chi connectivity index (χ0) is 19.0. The van der Waals surface area contributed by atoms with Crippen molar-refractivity contribution in [3.63, 3.8) is 0 Å². The molecule has 0 heterocycles. The van der Waals surface area contributed by atoms with Gasteiger partial charge in [-0.15, -0.1) is 0 Å². The van der Waals surface area contributed by atoms with Gasteiger partial charge in [-0.1, -0.05) is 12.1 Å². The summed E-state index contributed by atoms with van der Waals surface area (Å²) in [6.07, 6.45) is -1.81. The molecule has 5 nitrogen and oxygen atoms in total. The van der Waals surface area contributed by atoms with E-state index in [0.29, 0.717) is 25.7 Å². The van der Waals surface area contributed by atoms with E-state index in [9.17, 15) is 13.2 Å². The minimum absolute atomic E-state index is 0.193. The lowest BCUT2D eigenvalue weighted by atomic mass is 10.2. The average Bonchev–Trinajstić information content (AvgIpc) is 3.41. The SMILES string of the molecule is CN=C(NCc1cccc(OCC(F)(F)F)c1)N(C)CCOCC1CC1. The minimum Gasteiger partial charge on any atom is -0.484 e. The molecule has 8 heteroatoms. The fourth-order valence-electron chi connectivity index (χ4n) is 2.32. The number of guanidine groups is 1. The smallest absolute Gasteiger partial charge is 0.422 e. The molecule has 0 aliphatic heterocycles. The summed E-state index contributed by atoms with van der Waals surface area (Å²) in [4.78, 5) is 6.17. The third-order valence-electron chi connectivity index (χ3n) is 3.95. The van der Waals surface area contributed by atoms with Crippen molar-refractivity contribution in [2.75, 3.05) is 40.5 Å². The number of halogens is 3. The van der Waals surface area contributed by atoms with Crippen molar-refractivity contribution in [2.24, 2.45) is 10.9 Å². The lowest BCUT2D eigenvalue weighted by Gasteiger charge is -2.22. The number of aliphatic imine (C=N–C) groups is 1. The molecule has 0 amide bonds. The second-order valence-corrected chi connectivity index (χ2v) is 6.39. The van der Waals surface area contributed by atoms with Crippen LogP contribution in [0.4, 0.5) is 13.2 Å². The van der Waals surface area contributed by atoms with E-state index in [2.05, 4.69) is 10.3 Å². The van der Waals surface area contributed by atoms with Crippen molar-refractivity contribution in [2.45, 2.75) is 25.6 Å². The molecule has 0 aromatic heterocycles. The van der Waals surface area contributed by atoms with E-state index < -0.39 is 12.8 Å². The Morgan fingerprint density at radius 1 is 1.35 bits per heavy atom. The fourth-order valence-corrected chi connectivity index (χ4v) is 2.32. The first kappa shape index (κ1) is 20.4. The highest BCUT2D eigenvalue weighted by Crippen LogP contribution is 2.28. The molecule has 0 radical (unpaired) electrons. The standard InChI is InChI=1S/C18H26F3N3O2/c1-22-17(24(2)8-9-25-12-14-6-7-14)23-11-15-4-3-5-16(10-15)26-13-18(19,20)21/h3-5,10,14H,6-9,11-13H2,1-2H3,(H,22,23). The molecular weight excluding hydrogens is 347 g/mol. The summed E-state index contributed by atoms with van der Waals surface area (Å²) >= 11 is 0. The first-order chi connectivity index (χ1) is 12.4. The van der Waals surface area contributed by atoms with Gasteiger partial charge < -0.3 is 19.7 Å². The van der Waals surface area contributed by atoms with E-state index in [0.717, 1.165) is 18.1 Å². The third kappa shape index (κ3) is 7.95. The average molecular weight is 373 g/mol. The first-order valence-electron chi connectivity index (χ1n) is 8.65. The largest absolute Gasteiger partial charge is 0.484 e. The van der Waals surface area contributed by atoms with E-state index in [4.69, 9.17) is 9.47 Å². The van der Waals surface area contributed by atoms with Crippen LogP contribution in [0.1, 0.15) is 18.4 Å². The maximum absolute atomic E-state index is 12.2. The number of ether oxygens (including phenoxy) is 2. The predicted molar refractivity (Wildman–Crippen MR) is 94.4 cm³/mol. The van der Waals surface area contributed by atoms with Crippen LogP contribution in [0.3, 0.4) is 0 Å². The van der Waals surface area contributed by atoms with E-state index in [1.54, 1.807) is 19.2 Å². The van der Waals surface area contributed by atoms with E-state index >= 15 is 0 Å². The van der Waals surface area contributed by atoms with Crippen molar-refractivity contribution >= 4 is 5.96 Å². The molecule has 1 aliphatic carbocycles. The van der Waals surface area contributed by atoms with Crippen LogP contribution in [-0.2, 0) is 11.3 Å². The zero-order valence-electron chi connectivity index (χ0n) is 15.2.